The first-order chi connectivity index (χ1) is 8.14. The standard InChI is InChI=1S/C13H15FN2S/c1-2-13(15,9-12-16-6-7-17-12)10-4-3-5-11(14)8-10/h3-8H,2,9,15H2,1H3. The Morgan fingerprint density at radius 2 is 2.29 bits per heavy atom. The van der Waals surface area contributed by atoms with Crippen LogP contribution in [-0.4, -0.2) is 4.98 Å². The summed E-state index contributed by atoms with van der Waals surface area (Å²) in [5.74, 6) is -0.245. The van der Waals surface area contributed by atoms with Gasteiger partial charge in [0, 0.05) is 23.5 Å². The van der Waals surface area contributed by atoms with Gasteiger partial charge in [0.05, 0.1) is 5.01 Å². The van der Waals surface area contributed by atoms with Crippen LogP contribution in [0.4, 0.5) is 4.39 Å². The molecule has 0 bridgehead atoms. The van der Waals surface area contributed by atoms with Gasteiger partial charge in [-0.25, -0.2) is 9.37 Å². The second-order valence-electron chi connectivity index (χ2n) is 4.12. The number of aromatic nitrogens is 1. The average molecular weight is 250 g/mol. The molecule has 2 N–H and O–H groups in total. The molecule has 0 aliphatic rings. The van der Waals surface area contributed by atoms with E-state index in [0.717, 1.165) is 17.0 Å². The van der Waals surface area contributed by atoms with Crippen molar-refractivity contribution in [2.45, 2.75) is 25.3 Å². The minimum absolute atomic E-state index is 0.245. The molecule has 0 fully saturated rings. The van der Waals surface area contributed by atoms with Crippen LogP contribution in [0.5, 0.6) is 0 Å². The maximum Gasteiger partial charge on any atom is 0.123 e. The first kappa shape index (κ1) is 12.2. The lowest BCUT2D eigenvalue weighted by Gasteiger charge is -2.28. The minimum atomic E-state index is -0.542. The predicted molar refractivity (Wildman–Crippen MR) is 68.4 cm³/mol. The fourth-order valence-electron chi connectivity index (χ4n) is 1.84. The average Bonchev–Trinajstić information content (AvgIpc) is 2.81. The van der Waals surface area contributed by atoms with E-state index in [-0.39, 0.29) is 5.82 Å². The highest BCUT2D eigenvalue weighted by Gasteiger charge is 2.27. The number of hydrogen-bond donors (Lipinski definition) is 1. The Labute approximate surface area is 104 Å². The smallest absolute Gasteiger partial charge is 0.123 e. The van der Waals surface area contributed by atoms with Gasteiger partial charge in [-0.3, -0.25) is 0 Å². The summed E-state index contributed by atoms with van der Waals surface area (Å²) in [6.45, 7) is 2.01. The van der Waals surface area contributed by atoms with Crippen LogP contribution in [0.3, 0.4) is 0 Å². The van der Waals surface area contributed by atoms with E-state index < -0.39 is 5.54 Å². The minimum Gasteiger partial charge on any atom is -0.321 e. The van der Waals surface area contributed by atoms with Crippen LogP contribution in [0.25, 0.3) is 0 Å². The predicted octanol–water partition coefficient (Wildman–Crippen LogP) is 3.09. The van der Waals surface area contributed by atoms with E-state index in [9.17, 15) is 4.39 Å². The van der Waals surface area contributed by atoms with Gasteiger partial charge in [-0.1, -0.05) is 19.1 Å². The molecule has 2 aromatic rings. The molecule has 17 heavy (non-hydrogen) atoms. The Kier molecular flexibility index (Phi) is 3.54. The number of thiazole rings is 1. The molecule has 2 rings (SSSR count). The third-order valence-electron chi connectivity index (χ3n) is 2.98. The summed E-state index contributed by atoms with van der Waals surface area (Å²) in [5.41, 5.74) is 6.67. The molecule has 1 aromatic heterocycles. The highest BCUT2D eigenvalue weighted by Crippen LogP contribution is 2.27. The van der Waals surface area contributed by atoms with Crippen LogP contribution in [-0.2, 0) is 12.0 Å². The molecule has 0 aliphatic heterocycles. The molecule has 1 heterocycles. The van der Waals surface area contributed by atoms with E-state index in [2.05, 4.69) is 4.98 Å². The van der Waals surface area contributed by atoms with Gasteiger partial charge in [0.15, 0.2) is 0 Å². The van der Waals surface area contributed by atoms with Crippen molar-refractivity contribution in [3.8, 4) is 0 Å². The number of rotatable bonds is 4. The Morgan fingerprint density at radius 1 is 1.47 bits per heavy atom. The lowest BCUT2D eigenvalue weighted by atomic mass is 9.85. The van der Waals surface area contributed by atoms with Crippen molar-refractivity contribution >= 4 is 11.3 Å². The van der Waals surface area contributed by atoms with Gasteiger partial charge in [0.2, 0.25) is 0 Å². The number of halogens is 1. The van der Waals surface area contributed by atoms with E-state index >= 15 is 0 Å². The van der Waals surface area contributed by atoms with Crippen LogP contribution in [0.15, 0.2) is 35.8 Å². The van der Waals surface area contributed by atoms with Crippen LogP contribution in [0.2, 0.25) is 0 Å². The number of hydrogen-bond acceptors (Lipinski definition) is 3. The van der Waals surface area contributed by atoms with E-state index in [1.807, 2.05) is 18.4 Å². The normalized spacial score (nSPS) is 14.5. The molecule has 1 aromatic carbocycles. The Bertz CT molecular complexity index is 484. The molecule has 2 nitrogen and oxygen atoms in total. The lowest BCUT2D eigenvalue weighted by Crippen LogP contribution is -2.38. The van der Waals surface area contributed by atoms with Crippen molar-refractivity contribution < 1.29 is 4.39 Å². The molecule has 90 valence electrons. The van der Waals surface area contributed by atoms with Gasteiger partial charge in [-0.2, -0.15) is 0 Å². The van der Waals surface area contributed by atoms with E-state index in [4.69, 9.17) is 5.73 Å². The summed E-state index contributed by atoms with van der Waals surface area (Å²) in [6.07, 6.45) is 3.16. The molecule has 0 radical (unpaired) electrons. The second kappa shape index (κ2) is 4.94. The van der Waals surface area contributed by atoms with Crippen molar-refractivity contribution in [1.82, 2.24) is 4.98 Å². The molecule has 4 heteroatoms. The molecule has 0 aliphatic carbocycles. The van der Waals surface area contributed by atoms with Gasteiger partial charge < -0.3 is 5.73 Å². The van der Waals surface area contributed by atoms with Gasteiger partial charge in [-0.15, -0.1) is 11.3 Å². The third-order valence-corrected chi connectivity index (χ3v) is 3.76. The number of nitrogens with zero attached hydrogens (tertiary/aromatic N) is 1. The van der Waals surface area contributed by atoms with Crippen molar-refractivity contribution in [1.29, 1.82) is 0 Å². The largest absolute Gasteiger partial charge is 0.321 e. The van der Waals surface area contributed by atoms with Gasteiger partial charge in [0.25, 0.3) is 0 Å². The van der Waals surface area contributed by atoms with E-state index in [1.54, 1.807) is 23.6 Å². The van der Waals surface area contributed by atoms with Crippen molar-refractivity contribution in [3.63, 3.8) is 0 Å². The lowest BCUT2D eigenvalue weighted by molar-refractivity contribution is 0.421. The highest BCUT2D eigenvalue weighted by molar-refractivity contribution is 7.09. The third kappa shape index (κ3) is 2.70. The fraction of sp³-hybridized carbons (Fsp3) is 0.308. The maximum absolute atomic E-state index is 13.2. The van der Waals surface area contributed by atoms with E-state index in [0.29, 0.717) is 6.42 Å². The zero-order valence-electron chi connectivity index (χ0n) is 9.69. The summed E-state index contributed by atoms with van der Waals surface area (Å²) in [7, 11) is 0. The summed E-state index contributed by atoms with van der Waals surface area (Å²) in [5, 5.41) is 2.91. The van der Waals surface area contributed by atoms with Crippen molar-refractivity contribution in [3.05, 3.63) is 52.2 Å². The highest BCUT2D eigenvalue weighted by atomic mass is 32.1. The van der Waals surface area contributed by atoms with Crippen LogP contribution < -0.4 is 5.73 Å². The molecule has 0 amide bonds. The van der Waals surface area contributed by atoms with Crippen LogP contribution in [0.1, 0.15) is 23.9 Å². The maximum atomic E-state index is 13.2. The molecule has 0 spiro atoms. The van der Waals surface area contributed by atoms with Gasteiger partial charge in [-0.05, 0) is 24.1 Å². The summed E-state index contributed by atoms with van der Waals surface area (Å²) in [4.78, 5) is 4.24. The zero-order valence-corrected chi connectivity index (χ0v) is 10.5. The number of nitrogens with two attached hydrogens (primary N) is 1. The summed E-state index contributed by atoms with van der Waals surface area (Å²) in [6, 6.07) is 6.52. The van der Waals surface area contributed by atoms with Crippen LogP contribution >= 0.6 is 11.3 Å². The zero-order chi connectivity index (χ0) is 12.3. The summed E-state index contributed by atoms with van der Waals surface area (Å²) < 4.78 is 13.2. The first-order valence-corrected chi connectivity index (χ1v) is 6.45. The summed E-state index contributed by atoms with van der Waals surface area (Å²) >= 11 is 1.58. The van der Waals surface area contributed by atoms with Crippen LogP contribution in [0, 0.1) is 5.82 Å². The quantitative estimate of drug-likeness (QED) is 0.905. The fourth-order valence-corrected chi connectivity index (χ4v) is 2.58. The van der Waals surface area contributed by atoms with Crippen molar-refractivity contribution in [2.24, 2.45) is 5.73 Å². The molecule has 1 unspecified atom stereocenters. The van der Waals surface area contributed by atoms with Gasteiger partial charge in [0.1, 0.15) is 5.82 Å². The topological polar surface area (TPSA) is 38.9 Å². The van der Waals surface area contributed by atoms with Crippen molar-refractivity contribution in [2.75, 3.05) is 0 Å². The Balaban J connectivity index is 2.30. The van der Waals surface area contributed by atoms with Gasteiger partial charge >= 0.3 is 0 Å². The van der Waals surface area contributed by atoms with E-state index in [1.165, 1.54) is 12.1 Å². The Hall–Kier alpha value is -1.26. The molecule has 0 saturated heterocycles. The first-order valence-electron chi connectivity index (χ1n) is 5.57. The second-order valence-corrected chi connectivity index (χ2v) is 5.10. The molecule has 0 saturated carbocycles. The molecule has 1 atom stereocenters. The SMILES string of the molecule is CCC(N)(Cc1nccs1)c1cccc(F)c1. The Morgan fingerprint density at radius 3 is 2.88 bits per heavy atom. The molecular weight excluding hydrogens is 235 g/mol. The monoisotopic (exact) mass is 250 g/mol. The number of benzene rings is 1. The molecular formula is C13H15FN2S.